The number of fused-ring (bicyclic) bond motifs is 1. The molecule has 0 aliphatic heterocycles. The summed E-state index contributed by atoms with van der Waals surface area (Å²) in [6, 6.07) is 17.8. The van der Waals surface area contributed by atoms with Crippen LogP contribution in [-0.2, 0) is 13.0 Å². The fraction of sp³-hybridized carbons (Fsp3) is 0.115. The minimum absolute atomic E-state index is 0.263. The van der Waals surface area contributed by atoms with Crippen LogP contribution in [0.3, 0.4) is 0 Å². The fourth-order valence-corrected chi connectivity index (χ4v) is 4.81. The van der Waals surface area contributed by atoms with Crippen molar-refractivity contribution in [2.45, 2.75) is 19.9 Å². The predicted molar refractivity (Wildman–Crippen MR) is 135 cm³/mol. The number of thiophene rings is 1. The van der Waals surface area contributed by atoms with E-state index in [-0.39, 0.29) is 18.3 Å². The van der Waals surface area contributed by atoms with E-state index in [0.717, 1.165) is 17.0 Å². The van der Waals surface area contributed by atoms with Crippen molar-refractivity contribution < 1.29 is 9.18 Å². The molecule has 0 aliphatic carbocycles. The third-order valence-electron chi connectivity index (χ3n) is 5.46. The second kappa shape index (κ2) is 9.37. The molecule has 0 unspecified atom stereocenters. The lowest BCUT2D eigenvalue weighted by Crippen LogP contribution is -2.12. The van der Waals surface area contributed by atoms with Crippen LogP contribution >= 0.6 is 22.9 Å². The number of hydrogen-bond donors (Lipinski definition) is 1. The van der Waals surface area contributed by atoms with Gasteiger partial charge in [-0.2, -0.15) is 5.10 Å². The number of carbonyl (C=O) groups excluding carboxylic acids is 1. The molecule has 0 saturated carbocycles. The molecule has 3 heterocycles. The highest BCUT2D eigenvalue weighted by atomic mass is 35.5. The lowest BCUT2D eigenvalue weighted by atomic mass is 10.1. The Morgan fingerprint density at radius 2 is 2.00 bits per heavy atom. The van der Waals surface area contributed by atoms with Gasteiger partial charge in [0.1, 0.15) is 5.82 Å². The fourth-order valence-electron chi connectivity index (χ4n) is 3.73. The number of pyridine rings is 1. The number of benzene rings is 2. The molecule has 2 aromatic carbocycles. The molecule has 0 bridgehead atoms. The van der Waals surface area contributed by atoms with Crippen molar-refractivity contribution in [2.75, 3.05) is 5.32 Å². The second-order valence-electron chi connectivity index (χ2n) is 7.81. The number of rotatable bonds is 6. The highest BCUT2D eigenvalue weighted by molar-refractivity contribution is 7.15. The molecule has 5 aromatic rings. The van der Waals surface area contributed by atoms with Crippen LogP contribution in [0.1, 0.15) is 27.7 Å². The molecular weight excluding hydrogens is 471 g/mol. The highest BCUT2D eigenvalue weighted by Gasteiger charge is 2.16. The first-order valence-electron chi connectivity index (χ1n) is 10.8. The molecule has 0 atom stereocenters. The zero-order valence-electron chi connectivity index (χ0n) is 18.3. The maximum absolute atomic E-state index is 14.0. The van der Waals surface area contributed by atoms with Gasteiger partial charge >= 0.3 is 0 Å². The summed E-state index contributed by atoms with van der Waals surface area (Å²) in [5.41, 5.74) is 2.93. The monoisotopic (exact) mass is 490 g/mol. The van der Waals surface area contributed by atoms with Gasteiger partial charge in [-0.3, -0.25) is 9.48 Å². The molecule has 0 fully saturated rings. The number of halogens is 2. The van der Waals surface area contributed by atoms with Crippen molar-refractivity contribution in [3.05, 3.63) is 99.9 Å². The van der Waals surface area contributed by atoms with E-state index in [2.05, 4.69) is 23.4 Å². The van der Waals surface area contributed by atoms with Crippen molar-refractivity contribution >= 4 is 45.4 Å². The molecule has 1 amide bonds. The zero-order chi connectivity index (χ0) is 23.7. The van der Waals surface area contributed by atoms with Crippen LogP contribution in [0.15, 0.2) is 73.1 Å². The summed E-state index contributed by atoms with van der Waals surface area (Å²) < 4.78 is 15.6. The van der Waals surface area contributed by atoms with Gasteiger partial charge in [0.25, 0.3) is 5.91 Å². The van der Waals surface area contributed by atoms with Gasteiger partial charge in [0.15, 0.2) is 0 Å². The van der Waals surface area contributed by atoms with Gasteiger partial charge < -0.3 is 5.32 Å². The average Bonchev–Trinajstić information content (AvgIpc) is 3.49. The van der Waals surface area contributed by atoms with E-state index in [0.29, 0.717) is 32.7 Å². The number of hydrogen-bond acceptors (Lipinski definition) is 4. The molecule has 5 rings (SSSR count). The van der Waals surface area contributed by atoms with Crippen LogP contribution in [0.5, 0.6) is 0 Å². The van der Waals surface area contributed by atoms with Crippen molar-refractivity contribution in [3.8, 4) is 10.6 Å². The zero-order valence-corrected chi connectivity index (χ0v) is 19.8. The first-order chi connectivity index (χ1) is 16.5. The molecule has 170 valence electrons. The summed E-state index contributed by atoms with van der Waals surface area (Å²) in [4.78, 5) is 20.3. The molecule has 0 radical (unpaired) electrons. The highest BCUT2D eigenvalue weighted by Crippen LogP contribution is 2.31. The van der Waals surface area contributed by atoms with Crippen molar-refractivity contribution in [3.63, 3.8) is 0 Å². The molecule has 3 aromatic heterocycles. The van der Waals surface area contributed by atoms with E-state index in [1.165, 1.54) is 10.9 Å². The van der Waals surface area contributed by atoms with Crippen LogP contribution in [0.4, 0.5) is 10.1 Å². The Balaban J connectivity index is 1.46. The number of nitrogens with zero attached hydrogens (tertiary/aromatic N) is 3. The molecule has 34 heavy (non-hydrogen) atoms. The third kappa shape index (κ3) is 4.58. The van der Waals surface area contributed by atoms with Gasteiger partial charge in [-0.25, -0.2) is 9.37 Å². The molecule has 5 nitrogen and oxygen atoms in total. The normalized spacial score (nSPS) is 11.1. The number of nitrogens with one attached hydrogen (secondary N) is 1. The Bertz CT molecular complexity index is 1510. The van der Waals surface area contributed by atoms with E-state index in [4.69, 9.17) is 16.6 Å². The lowest BCUT2D eigenvalue weighted by molar-refractivity contribution is 0.102. The summed E-state index contributed by atoms with van der Waals surface area (Å²) in [7, 11) is 0. The summed E-state index contributed by atoms with van der Waals surface area (Å²) in [5.74, 6) is -0.593. The largest absolute Gasteiger partial charge is 0.319 e. The van der Waals surface area contributed by atoms with E-state index in [1.54, 1.807) is 64.8 Å². The van der Waals surface area contributed by atoms with Crippen molar-refractivity contribution in [1.29, 1.82) is 0 Å². The third-order valence-corrected chi connectivity index (χ3v) is 6.95. The minimum atomic E-state index is -0.298. The summed E-state index contributed by atoms with van der Waals surface area (Å²) >= 11 is 7.89. The van der Waals surface area contributed by atoms with Crippen LogP contribution in [0.2, 0.25) is 5.02 Å². The van der Waals surface area contributed by atoms with E-state index in [1.807, 2.05) is 12.1 Å². The van der Waals surface area contributed by atoms with E-state index >= 15 is 0 Å². The second-order valence-corrected chi connectivity index (χ2v) is 9.41. The van der Waals surface area contributed by atoms with Gasteiger partial charge in [-0.1, -0.05) is 36.7 Å². The number of aromatic nitrogens is 3. The Morgan fingerprint density at radius 3 is 2.79 bits per heavy atom. The Hall–Kier alpha value is -3.55. The first-order valence-corrected chi connectivity index (χ1v) is 12.0. The SMILES string of the molecule is CCc1ccc(-c2cc(C(=O)Nc3cnn(Cc4ccccc4F)c3)c3cc(Cl)ccc3n2)s1. The Morgan fingerprint density at radius 1 is 1.15 bits per heavy atom. The number of amides is 1. The van der Waals surface area contributed by atoms with Crippen LogP contribution < -0.4 is 5.32 Å². The lowest BCUT2D eigenvalue weighted by Gasteiger charge is -2.09. The van der Waals surface area contributed by atoms with Crippen LogP contribution in [0.25, 0.3) is 21.5 Å². The predicted octanol–water partition coefficient (Wildman–Crippen LogP) is 6.82. The number of aryl methyl sites for hydroxylation is 1. The minimum Gasteiger partial charge on any atom is -0.319 e. The van der Waals surface area contributed by atoms with Gasteiger partial charge in [-0.05, 0) is 48.9 Å². The van der Waals surface area contributed by atoms with Crippen LogP contribution in [0, 0.1) is 5.82 Å². The van der Waals surface area contributed by atoms with Gasteiger partial charge in [0, 0.05) is 27.0 Å². The van der Waals surface area contributed by atoms with E-state index < -0.39 is 0 Å². The summed E-state index contributed by atoms with van der Waals surface area (Å²) in [6.45, 7) is 2.37. The molecule has 0 spiro atoms. The Kier molecular flexibility index (Phi) is 6.13. The number of anilines is 1. The topological polar surface area (TPSA) is 59.8 Å². The molecule has 8 heteroatoms. The molecule has 1 N–H and O–H groups in total. The van der Waals surface area contributed by atoms with E-state index in [9.17, 15) is 9.18 Å². The van der Waals surface area contributed by atoms with Crippen molar-refractivity contribution in [2.24, 2.45) is 0 Å². The number of carbonyl (C=O) groups is 1. The van der Waals surface area contributed by atoms with Gasteiger partial charge in [0.2, 0.25) is 0 Å². The maximum atomic E-state index is 14.0. The average molecular weight is 491 g/mol. The summed E-state index contributed by atoms with van der Waals surface area (Å²) in [5, 5.41) is 8.35. The molecule has 0 aliphatic rings. The first kappa shape index (κ1) is 22.3. The van der Waals surface area contributed by atoms with Crippen molar-refractivity contribution in [1.82, 2.24) is 14.8 Å². The quantitative estimate of drug-likeness (QED) is 0.284. The van der Waals surface area contributed by atoms with Gasteiger partial charge in [-0.15, -0.1) is 11.3 Å². The maximum Gasteiger partial charge on any atom is 0.256 e. The molecular formula is C26H20ClFN4OS. The van der Waals surface area contributed by atoms with Crippen LogP contribution in [-0.4, -0.2) is 20.7 Å². The standard InChI is InChI=1S/C26H20ClFN4OS/c1-2-19-8-10-25(34-19)24-12-21(20-11-17(27)7-9-23(20)31-24)26(33)30-18-13-29-32(15-18)14-16-5-3-4-6-22(16)28/h3-13,15H,2,14H2,1H3,(H,30,33). The van der Waals surface area contributed by atoms with Gasteiger partial charge in [0.05, 0.1) is 40.1 Å². The summed E-state index contributed by atoms with van der Waals surface area (Å²) in [6.07, 6.45) is 4.16. The molecule has 0 saturated heterocycles. The smallest absolute Gasteiger partial charge is 0.256 e. The Labute approximate surface area is 204 Å².